The van der Waals surface area contributed by atoms with Crippen LogP contribution < -0.4 is 4.74 Å². The number of ether oxygens (including phenoxy) is 3. The zero-order chi connectivity index (χ0) is 26.8. The van der Waals surface area contributed by atoms with E-state index in [2.05, 4.69) is 55.4 Å². The normalized spacial score (nSPS) is 12.6. The van der Waals surface area contributed by atoms with Crippen LogP contribution in [0, 0.1) is 0 Å². The Bertz CT molecular complexity index is 1370. The van der Waals surface area contributed by atoms with E-state index >= 15 is 0 Å². The lowest BCUT2D eigenvalue weighted by atomic mass is 10.1. The second-order valence-corrected chi connectivity index (χ2v) is 23.4. The Balaban J connectivity index is 1.67. The second-order valence-electron chi connectivity index (χ2n) is 11.8. The Labute approximate surface area is 225 Å². The summed E-state index contributed by atoms with van der Waals surface area (Å²) in [6.07, 6.45) is 3.79. The lowest BCUT2D eigenvalue weighted by Gasteiger charge is -2.15. The van der Waals surface area contributed by atoms with Gasteiger partial charge < -0.3 is 18.8 Å². The quantitative estimate of drug-likeness (QED) is 0.109. The molecule has 0 aliphatic carbocycles. The molecule has 37 heavy (non-hydrogen) atoms. The van der Waals surface area contributed by atoms with E-state index in [0.29, 0.717) is 24.5 Å². The van der Waals surface area contributed by atoms with Gasteiger partial charge in [-0.25, -0.2) is 14.6 Å². The van der Waals surface area contributed by atoms with Crippen LogP contribution in [0.4, 0.5) is 0 Å². The van der Waals surface area contributed by atoms with Crippen molar-refractivity contribution in [1.82, 2.24) is 24.3 Å². The summed E-state index contributed by atoms with van der Waals surface area (Å²) in [6.45, 7) is 16.3. The van der Waals surface area contributed by atoms with Crippen LogP contribution in [0.2, 0.25) is 56.5 Å². The number of methoxy groups -OCH3 is 1. The number of halogens is 1. The van der Waals surface area contributed by atoms with Gasteiger partial charge in [0.25, 0.3) is 0 Å². The highest BCUT2D eigenvalue weighted by Gasteiger charge is 2.20. The molecule has 0 aromatic carbocycles. The van der Waals surface area contributed by atoms with Crippen molar-refractivity contribution in [3.63, 3.8) is 0 Å². The summed E-state index contributed by atoms with van der Waals surface area (Å²) in [5, 5.41) is 5.91. The first-order chi connectivity index (χ1) is 17.4. The molecule has 4 aromatic heterocycles. The van der Waals surface area contributed by atoms with Gasteiger partial charge in [-0.15, -0.1) is 0 Å². The van der Waals surface area contributed by atoms with E-state index < -0.39 is 16.1 Å². The number of rotatable bonds is 12. The van der Waals surface area contributed by atoms with Crippen LogP contribution in [0.5, 0.6) is 5.88 Å². The molecule has 0 amide bonds. The predicted octanol–water partition coefficient (Wildman–Crippen LogP) is 6.73. The molecular weight excluding hydrogens is 522 g/mol. The molecule has 0 spiro atoms. The summed E-state index contributed by atoms with van der Waals surface area (Å²) >= 11 is 6.28. The topological polar surface area (TPSA) is 76.2 Å². The minimum atomic E-state index is -1.18. The van der Waals surface area contributed by atoms with Gasteiger partial charge in [0.05, 0.1) is 18.8 Å². The number of nitrogens with zero attached hydrogens (tertiary/aromatic N) is 5. The van der Waals surface area contributed by atoms with E-state index in [1.807, 2.05) is 21.5 Å². The van der Waals surface area contributed by atoms with Crippen LogP contribution in [0.15, 0.2) is 30.6 Å². The average Bonchev–Trinajstić information content (AvgIpc) is 3.37. The fourth-order valence-electron chi connectivity index (χ4n) is 3.96. The summed E-state index contributed by atoms with van der Waals surface area (Å²) in [5.74, 6) is 0.528. The summed E-state index contributed by atoms with van der Waals surface area (Å²) in [4.78, 5) is 9.36. The number of aromatic nitrogens is 5. The van der Waals surface area contributed by atoms with Crippen molar-refractivity contribution in [3.05, 3.63) is 35.7 Å². The molecule has 11 heteroatoms. The van der Waals surface area contributed by atoms with E-state index in [4.69, 9.17) is 30.8 Å². The highest BCUT2D eigenvalue weighted by molar-refractivity contribution is 6.76. The molecule has 0 atom stereocenters. The molecule has 0 radical (unpaired) electrons. The van der Waals surface area contributed by atoms with E-state index in [9.17, 15) is 0 Å². The van der Waals surface area contributed by atoms with Gasteiger partial charge in [0.1, 0.15) is 29.8 Å². The standard InChI is InChI=1S/C26H38ClN5O3Si2/c1-33-26-20(14-23-22(29-26)15-28-32(23)18-35-11-13-37(5,6)7)21-16-31(17-34-10-12-36(2,3)4)25-19(21)8-9-24(27)30-25/h8-9,14-16H,10-13,17-18H2,1-7H3. The maximum Gasteiger partial charge on any atom is 0.221 e. The molecule has 4 rings (SSSR count). The molecule has 8 nitrogen and oxygen atoms in total. The number of pyridine rings is 2. The van der Waals surface area contributed by atoms with E-state index in [1.165, 1.54) is 0 Å². The Morgan fingerprint density at radius 2 is 1.57 bits per heavy atom. The molecule has 0 bridgehead atoms. The van der Waals surface area contributed by atoms with Gasteiger partial charge in [-0.2, -0.15) is 5.10 Å². The molecule has 0 aliphatic rings. The first-order valence-electron chi connectivity index (χ1n) is 12.7. The maximum absolute atomic E-state index is 6.28. The highest BCUT2D eigenvalue weighted by Crippen LogP contribution is 2.37. The summed E-state index contributed by atoms with van der Waals surface area (Å²) in [6, 6.07) is 8.07. The Hall–Kier alpha value is -2.25. The van der Waals surface area contributed by atoms with Gasteiger partial charge in [0.2, 0.25) is 5.88 Å². The Kier molecular flexibility index (Phi) is 8.44. The van der Waals surface area contributed by atoms with Gasteiger partial charge in [-0.1, -0.05) is 50.9 Å². The molecule has 200 valence electrons. The zero-order valence-electron chi connectivity index (χ0n) is 23.0. The average molecular weight is 560 g/mol. The van der Waals surface area contributed by atoms with Crippen LogP contribution in [-0.4, -0.2) is 60.8 Å². The third-order valence-corrected chi connectivity index (χ3v) is 9.82. The van der Waals surface area contributed by atoms with Crippen molar-refractivity contribution in [2.24, 2.45) is 0 Å². The fourth-order valence-corrected chi connectivity index (χ4v) is 5.62. The molecule has 0 saturated carbocycles. The molecule has 4 aromatic rings. The molecule has 0 fully saturated rings. The Morgan fingerprint density at radius 3 is 2.22 bits per heavy atom. The molecule has 0 aliphatic heterocycles. The van der Waals surface area contributed by atoms with Crippen LogP contribution in [0.3, 0.4) is 0 Å². The van der Waals surface area contributed by atoms with E-state index in [0.717, 1.165) is 58.5 Å². The molecule has 0 saturated heterocycles. The third-order valence-electron chi connectivity index (χ3n) is 6.20. The zero-order valence-corrected chi connectivity index (χ0v) is 25.7. The van der Waals surface area contributed by atoms with Gasteiger partial charge in [0, 0.05) is 52.1 Å². The minimum absolute atomic E-state index is 0.380. The highest BCUT2D eigenvalue weighted by atomic mass is 35.5. The first kappa shape index (κ1) is 27.8. The van der Waals surface area contributed by atoms with E-state index in [-0.39, 0.29) is 0 Å². The molecule has 4 heterocycles. The van der Waals surface area contributed by atoms with E-state index in [1.54, 1.807) is 19.4 Å². The lowest BCUT2D eigenvalue weighted by molar-refractivity contribution is 0.0817. The van der Waals surface area contributed by atoms with Crippen molar-refractivity contribution in [3.8, 4) is 17.0 Å². The van der Waals surface area contributed by atoms with Crippen LogP contribution in [-0.2, 0) is 22.9 Å². The van der Waals surface area contributed by atoms with Gasteiger partial charge in [-0.3, -0.25) is 0 Å². The maximum atomic E-state index is 6.28. The summed E-state index contributed by atoms with van der Waals surface area (Å²) < 4.78 is 21.6. The van der Waals surface area contributed by atoms with Crippen molar-refractivity contribution in [2.75, 3.05) is 20.3 Å². The Morgan fingerprint density at radius 1 is 0.892 bits per heavy atom. The van der Waals surface area contributed by atoms with Gasteiger partial charge in [0.15, 0.2) is 0 Å². The number of fused-ring (bicyclic) bond motifs is 2. The molecular formula is C26H38ClN5O3Si2. The largest absolute Gasteiger partial charge is 0.481 e. The van der Waals surface area contributed by atoms with Crippen molar-refractivity contribution >= 4 is 49.8 Å². The first-order valence-corrected chi connectivity index (χ1v) is 20.5. The second kappa shape index (κ2) is 11.2. The molecule has 0 unspecified atom stereocenters. The smallest absolute Gasteiger partial charge is 0.221 e. The van der Waals surface area contributed by atoms with Crippen molar-refractivity contribution < 1.29 is 14.2 Å². The van der Waals surface area contributed by atoms with Crippen LogP contribution >= 0.6 is 11.6 Å². The number of hydrogen-bond donors (Lipinski definition) is 0. The van der Waals surface area contributed by atoms with Crippen LogP contribution in [0.1, 0.15) is 0 Å². The SMILES string of the molecule is COc1nc2cnn(COCC[Si](C)(C)C)c2cc1-c1cn(COCC[Si](C)(C)C)c2nc(Cl)ccc12. The number of hydrogen-bond acceptors (Lipinski definition) is 6. The minimum Gasteiger partial charge on any atom is -0.481 e. The van der Waals surface area contributed by atoms with Crippen LogP contribution in [0.25, 0.3) is 33.2 Å². The van der Waals surface area contributed by atoms with Gasteiger partial charge >= 0.3 is 0 Å². The fraction of sp³-hybridized carbons (Fsp3) is 0.500. The third kappa shape index (κ3) is 6.99. The summed E-state index contributed by atoms with van der Waals surface area (Å²) in [5.41, 5.74) is 4.22. The molecule has 0 N–H and O–H groups in total. The van der Waals surface area contributed by atoms with Crippen molar-refractivity contribution in [2.45, 2.75) is 64.8 Å². The van der Waals surface area contributed by atoms with Crippen molar-refractivity contribution in [1.29, 1.82) is 0 Å². The van der Waals surface area contributed by atoms with Gasteiger partial charge in [-0.05, 0) is 30.3 Å². The lowest BCUT2D eigenvalue weighted by Crippen LogP contribution is -2.22. The monoisotopic (exact) mass is 559 g/mol. The summed E-state index contributed by atoms with van der Waals surface area (Å²) in [7, 11) is -0.700. The predicted molar refractivity (Wildman–Crippen MR) is 156 cm³/mol.